The van der Waals surface area contributed by atoms with Crippen molar-refractivity contribution in [2.45, 2.75) is 51.6 Å². The lowest BCUT2D eigenvalue weighted by molar-refractivity contribution is 0.0567. The first-order valence-electron chi connectivity index (χ1n) is 10.6. The minimum atomic E-state index is -0.240. The third-order valence-electron chi connectivity index (χ3n) is 7.23. The molecule has 0 saturated carbocycles. The van der Waals surface area contributed by atoms with E-state index >= 15 is 0 Å². The topological polar surface area (TPSA) is 56.3 Å². The van der Waals surface area contributed by atoms with Crippen LogP contribution in [0.4, 0.5) is 0 Å². The van der Waals surface area contributed by atoms with Gasteiger partial charge in [0.2, 0.25) is 0 Å². The smallest absolute Gasteiger partial charge is 0.271 e. The second kappa shape index (κ2) is 6.74. The van der Waals surface area contributed by atoms with Crippen LogP contribution in [-0.2, 0) is 6.42 Å². The Labute approximate surface area is 171 Å². The Bertz CT molecular complexity index is 1070. The van der Waals surface area contributed by atoms with Crippen LogP contribution in [0.2, 0.25) is 0 Å². The molecule has 2 fully saturated rings. The van der Waals surface area contributed by atoms with Gasteiger partial charge in [0.05, 0.1) is 6.61 Å². The molecule has 3 aromatic rings. The SMILES string of the molecule is Cc1ccc2[nH]c(C(=O)N3[C@@H]4CC[C@H]3[C@](CO)(Cc3ccccc3)C4)c(C)c2c1. The number of hydrogen-bond donors (Lipinski definition) is 2. The van der Waals surface area contributed by atoms with Crippen molar-refractivity contribution in [2.24, 2.45) is 5.41 Å². The van der Waals surface area contributed by atoms with Gasteiger partial charge in [-0.1, -0.05) is 42.0 Å². The number of nitrogens with zero attached hydrogens (tertiary/aromatic N) is 1. The number of rotatable bonds is 4. The van der Waals surface area contributed by atoms with Gasteiger partial charge < -0.3 is 15.0 Å². The Hall–Kier alpha value is -2.59. The maximum absolute atomic E-state index is 13.7. The van der Waals surface area contributed by atoms with Gasteiger partial charge in [-0.2, -0.15) is 0 Å². The molecule has 0 unspecified atom stereocenters. The fraction of sp³-hybridized carbons (Fsp3) is 0.400. The second-order valence-corrected chi connectivity index (χ2v) is 9.02. The fourth-order valence-corrected chi connectivity index (χ4v) is 5.80. The van der Waals surface area contributed by atoms with Crippen LogP contribution in [0, 0.1) is 19.3 Å². The number of amides is 1. The molecule has 0 aliphatic carbocycles. The highest BCUT2D eigenvalue weighted by Gasteiger charge is 2.57. The summed E-state index contributed by atoms with van der Waals surface area (Å²) in [6, 6.07) is 16.9. The molecule has 2 saturated heterocycles. The minimum Gasteiger partial charge on any atom is -0.396 e. The molecule has 2 aliphatic heterocycles. The number of nitrogens with one attached hydrogen (secondary N) is 1. The van der Waals surface area contributed by atoms with Gasteiger partial charge in [0.15, 0.2) is 0 Å². The molecule has 0 spiro atoms. The first-order chi connectivity index (χ1) is 14.0. The van der Waals surface area contributed by atoms with E-state index in [2.05, 4.69) is 47.1 Å². The Kier molecular flexibility index (Phi) is 4.28. The van der Waals surface area contributed by atoms with Crippen molar-refractivity contribution in [2.75, 3.05) is 6.61 Å². The molecule has 0 radical (unpaired) electrons. The van der Waals surface area contributed by atoms with Crippen LogP contribution < -0.4 is 0 Å². The predicted octanol–water partition coefficient (Wildman–Crippen LogP) is 4.38. The van der Waals surface area contributed by atoms with Crippen molar-refractivity contribution < 1.29 is 9.90 Å². The van der Waals surface area contributed by atoms with Crippen LogP contribution in [0.5, 0.6) is 0 Å². The standard InChI is InChI=1S/C25H28N2O2/c1-16-8-10-21-20(12-16)17(2)23(26-21)24(29)27-19-9-11-22(27)25(14-19,15-28)13-18-6-4-3-5-7-18/h3-8,10,12,19,22,26,28H,9,11,13-15H2,1-2H3/t19-,22+,25-/m1/s1. The number of aromatic nitrogens is 1. The van der Waals surface area contributed by atoms with Crippen LogP contribution >= 0.6 is 0 Å². The Morgan fingerprint density at radius 3 is 2.72 bits per heavy atom. The lowest BCUT2D eigenvalue weighted by Gasteiger charge is -2.36. The first-order valence-corrected chi connectivity index (χ1v) is 10.6. The lowest BCUT2D eigenvalue weighted by Crippen LogP contribution is -2.44. The van der Waals surface area contributed by atoms with E-state index in [0.717, 1.165) is 42.1 Å². The van der Waals surface area contributed by atoms with E-state index in [4.69, 9.17) is 0 Å². The second-order valence-electron chi connectivity index (χ2n) is 9.02. The van der Waals surface area contributed by atoms with Gasteiger partial charge in [-0.15, -0.1) is 0 Å². The fourth-order valence-electron chi connectivity index (χ4n) is 5.80. The zero-order valence-electron chi connectivity index (χ0n) is 17.1. The number of hydrogen-bond acceptors (Lipinski definition) is 2. The Morgan fingerprint density at radius 2 is 1.97 bits per heavy atom. The molecule has 2 aliphatic rings. The number of H-pyrrole nitrogens is 1. The van der Waals surface area contributed by atoms with Crippen LogP contribution in [0.3, 0.4) is 0 Å². The summed E-state index contributed by atoms with van der Waals surface area (Å²) in [5.74, 6) is 0.0900. The van der Waals surface area contributed by atoms with Crippen molar-refractivity contribution in [3.63, 3.8) is 0 Å². The van der Waals surface area contributed by atoms with E-state index in [1.54, 1.807) is 0 Å². The summed E-state index contributed by atoms with van der Waals surface area (Å²) in [5, 5.41) is 11.5. The normalized spacial score (nSPS) is 25.8. The summed E-state index contributed by atoms with van der Waals surface area (Å²) in [5.41, 5.74) is 4.94. The summed E-state index contributed by atoms with van der Waals surface area (Å²) in [6.45, 7) is 4.23. The molecule has 2 aromatic carbocycles. The molecular weight excluding hydrogens is 360 g/mol. The van der Waals surface area contributed by atoms with Gasteiger partial charge in [-0.25, -0.2) is 0 Å². The maximum atomic E-state index is 13.7. The maximum Gasteiger partial charge on any atom is 0.271 e. The number of carbonyl (C=O) groups excluding carboxylic acids is 1. The molecule has 1 amide bonds. The molecule has 4 nitrogen and oxygen atoms in total. The number of aromatic amines is 1. The third-order valence-corrected chi connectivity index (χ3v) is 7.23. The van der Waals surface area contributed by atoms with Crippen molar-refractivity contribution >= 4 is 16.8 Å². The number of aryl methyl sites for hydroxylation is 2. The van der Waals surface area contributed by atoms with Gasteiger partial charge in [0.1, 0.15) is 5.69 Å². The van der Waals surface area contributed by atoms with Gasteiger partial charge in [0.25, 0.3) is 5.91 Å². The van der Waals surface area contributed by atoms with Gasteiger partial charge in [-0.3, -0.25) is 4.79 Å². The quantitative estimate of drug-likeness (QED) is 0.697. The van der Waals surface area contributed by atoms with Crippen LogP contribution in [-0.4, -0.2) is 39.6 Å². The number of fused-ring (bicyclic) bond motifs is 3. The number of benzene rings is 2. The van der Waals surface area contributed by atoms with Crippen LogP contribution in [0.15, 0.2) is 48.5 Å². The molecule has 2 bridgehead atoms. The molecule has 1 aromatic heterocycles. The summed E-state index contributed by atoms with van der Waals surface area (Å²) < 4.78 is 0. The first kappa shape index (κ1) is 18.4. The van der Waals surface area contributed by atoms with Gasteiger partial charge >= 0.3 is 0 Å². The lowest BCUT2D eigenvalue weighted by atomic mass is 9.70. The highest BCUT2D eigenvalue weighted by Crippen LogP contribution is 2.52. The largest absolute Gasteiger partial charge is 0.396 e. The van der Waals surface area contributed by atoms with Crippen molar-refractivity contribution in [1.29, 1.82) is 0 Å². The van der Waals surface area contributed by atoms with E-state index in [9.17, 15) is 9.90 Å². The molecule has 5 rings (SSSR count). The van der Waals surface area contributed by atoms with E-state index in [-0.39, 0.29) is 30.0 Å². The number of aliphatic hydroxyl groups excluding tert-OH is 1. The third kappa shape index (κ3) is 2.81. The minimum absolute atomic E-state index is 0.0900. The molecule has 3 atom stereocenters. The van der Waals surface area contributed by atoms with Crippen molar-refractivity contribution in [1.82, 2.24) is 9.88 Å². The molecule has 3 heterocycles. The summed E-state index contributed by atoms with van der Waals surface area (Å²) in [7, 11) is 0. The molecular formula is C25H28N2O2. The van der Waals surface area contributed by atoms with Gasteiger partial charge in [0, 0.05) is 28.4 Å². The highest BCUT2D eigenvalue weighted by molar-refractivity contribution is 6.01. The van der Waals surface area contributed by atoms with Gasteiger partial charge in [-0.05, 0) is 62.8 Å². The average molecular weight is 389 g/mol. The zero-order chi connectivity index (χ0) is 20.2. The molecule has 4 heteroatoms. The Balaban J connectivity index is 1.49. The van der Waals surface area contributed by atoms with E-state index in [1.165, 1.54) is 11.1 Å². The molecule has 150 valence electrons. The molecule has 29 heavy (non-hydrogen) atoms. The predicted molar refractivity (Wildman–Crippen MR) is 115 cm³/mol. The summed E-state index contributed by atoms with van der Waals surface area (Å²) in [6.07, 6.45) is 3.71. The average Bonchev–Trinajstić information content (AvgIpc) is 3.38. The Morgan fingerprint density at radius 1 is 1.17 bits per heavy atom. The number of carbonyl (C=O) groups is 1. The molecule has 2 N–H and O–H groups in total. The monoisotopic (exact) mass is 388 g/mol. The summed E-state index contributed by atoms with van der Waals surface area (Å²) in [4.78, 5) is 19.1. The van der Waals surface area contributed by atoms with E-state index < -0.39 is 0 Å². The van der Waals surface area contributed by atoms with E-state index in [1.807, 2.05) is 25.1 Å². The van der Waals surface area contributed by atoms with E-state index in [0.29, 0.717) is 5.69 Å². The van der Waals surface area contributed by atoms with Crippen LogP contribution in [0.1, 0.15) is 46.4 Å². The zero-order valence-corrected chi connectivity index (χ0v) is 17.1. The van der Waals surface area contributed by atoms with Crippen molar-refractivity contribution in [3.8, 4) is 0 Å². The highest BCUT2D eigenvalue weighted by atomic mass is 16.3. The number of aliphatic hydroxyl groups is 1. The summed E-state index contributed by atoms with van der Waals surface area (Å²) >= 11 is 0. The van der Waals surface area contributed by atoms with Crippen LogP contribution in [0.25, 0.3) is 10.9 Å². The van der Waals surface area contributed by atoms with Crippen molar-refractivity contribution in [3.05, 3.63) is 70.9 Å².